The van der Waals surface area contributed by atoms with Gasteiger partial charge in [-0.2, -0.15) is 11.8 Å². The third-order valence-electron chi connectivity index (χ3n) is 3.61. The van der Waals surface area contributed by atoms with Crippen LogP contribution in [-0.4, -0.2) is 14.2 Å². The molecule has 0 saturated carbocycles. The van der Waals surface area contributed by atoms with Crippen LogP contribution in [0.25, 0.3) is 0 Å². The van der Waals surface area contributed by atoms with E-state index in [0.29, 0.717) is 6.04 Å². The van der Waals surface area contributed by atoms with Gasteiger partial charge in [0.05, 0.1) is 7.11 Å². The van der Waals surface area contributed by atoms with Crippen molar-refractivity contribution >= 4 is 11.8 Å². The van der Waals surface area contributed by atoms with Gasteiger partial charge in [0.1, 0.15) is 5.75 Å². The summed E-state index contributed by atoms with van der Waals surface area (Å²) in [6, 6.07) is 17.4. The summed E-state index contributed by atoms with van der Waals surface area (Å²) in [6.45, 7) is 2.17. The van der Waals surface area contributed by atoms with E-state index in [-0.39, 0.29) is 0 Å². The Kier molecular flexibility index (Phi) is 6.15. The first kappa shape index (κ1) is 15.9. The second kappa shape index (κ2) is 8.11. The van der Waals surface area contributed by atoms with Crippen LogP contribution in [0.4, 0.5) is 0 Å². The Balaban J connectivity index is 2.03. The summed E-state index contributed by atoms with van der Waals surface area (Å²) in [7, 11) is 3.72. The summed E-state index contributed by atoms with van der Waals surface area (Å²) in [5, 5.41) is 3.28. The molecule has 0 amide bonds. The van der Waals surface area contributed by atoms with E-state index < -0.39 is 0 Å². The SMILES string of the molecule is CNC(C)c1ccc(OC)c(CSCc2ccccc2)c1. The molecule has 0 aromatic heterocycles. The molecule has 2 nitrogen and oxygen atoms in total. The van der Waals surface area contributed by atoms with E-state index in [2.05, 4.69) is 60.8 Å². The number of methoxy groups -OCH3 is 1. The van der Waals surface area contributed by atoms with Gasteiger partial charge < -0.3 is 10.1 Å². The van der Waals surface area contributed by atoms with Crippen LogP contribution in [0, 0.1) is 0 Å². The third kappa shape index (κ3) is 4.51. The molecule has 0 aliphatic heterocycles. The molecule has 0 aliphatic carbocycles. The maximum atomic E-state index is 5.48. The molecule has 2 aromatic rings. The van der Waals surface area contributed by atoms with E-state index in [1.807, 2.05) is 18.8 Å². The summed E-state index contributed by atoms with van der Waals surface area (Å²) in [4.78, 5) is 0. The van der Waals surface area contributed by atoms with Crippen LogP contribution in [0.1, 0.15) is 29.7 Å². The average molecular weight is 301 g/mol. The lowest BCUT2D eigenvalue weighted by Crippen LogP contribution is -2.12. The minimum atomic E-state index is 0.355. The minimum Gasteiger partial charge on any atom is -0.496 e. The predicted molar refractivity (Wildman–Crippen MR) is 91.9 cm³/mol. The Morgan fingerprint density at radius 3 is 2.52 bits per heavy atom. The quantitative estimate of drug-likeness (QED) is 0.818. The van der Waals surface area contributed by atoms with Crippen LogP contribution >= 0.6 is 11.8 Å². The zero-order valence-electron chi connectivity index (χ0n) is 12.9. The van der Waals surface area contributed by atoms with Gasteiger partial charge in [0.15, 0.2) is 0 Å². The largest absolute Gasteiger partial charge is 0.496 e. The maximum Gasteiger partial charge on any atom is 0.122 e. The first-order valence-electron chi connectivity index (χ1n) is 7.20. The molecule has 0 fully saturated rings. The number of rotatable bonds is 7. The van der Waals surface area contributed by atoms with Crippen molar-refractivity contribution in [1.29, 1.82) is 0 Å². The predicted octanol–water partition coefficient (Wildman–Crippen LogP) is 4.41. The van der Waals surface area contributed by atoms with Crippen molar-refractivity contribution < 1.29 is 4.74 Å². The molecule has 0 radical (unpaired) electrons. The van der Waals surface area contributed by atoms with Crippen molar-refractivity contribution in [2.24, 2.45) is 0 Å². The highest BCUT2D eigenvalue weighted by molar-refractivity contribution is 7.97. The Morgan fingerprint density at radius 1 is 1.10 bits per heavy atom. The number of nitrogens with one attached hydrogen (secondary N) is 1. The van der Waals surface area contributed by atoms with E-state index >= 15 is 0 Å². The molecule has 1 N–H and O–H groups in total. The van der Waals surface area contributed by atoms with E-state index in [9.17, 15) is 0 Å². The fraction of sp³-hybridized carbons (Fsp3) is 0.333. The van der Waals surface area contributed by atoms with E-state index in [1.165, 1.54) is 16.7 Å². The van der Waals surface area contributed by atoms with E-state index in [4.69, 9.17) is 4.74 Å². The van der Waals surface area contributed by atoms with Crippen molar-refractivity contribution in [2.75, 3.05) is 14.2 Å². The van der Waals surface area contributed by atoms with Crippen molar-refractivity contribution in [2.45, 2.75) is 24.5 Å². The number of benzene rings is 2. The van der Waals surface area contributed by atoms with Gasteiger partial charge in [-0.05, 0) is 37.2 Å². The number of hydrogen-bond acceptors (Lipinski definition) is 3. The first-order chi connectivity index (χ1) is 10.2. The first-order valence-corrected chi connectivity index (χ1v) is 8.35. The molecule has 1 atom stereocenters. The molecule has 2 aromatic carbocycles. The highest BCUT2D eigenvalue weighted by Crippen LogP contribution is 2.28. The molecule has 21 heavy (non-hydrogen) atoms. The standard InChI is InChI=1S/C18H23NOS/c1-14(19-2)16-9-10-18(20-3)17(11-16)13-21-12-15-7-5-4-6-8-15/h4-11,14,19H,12-13H2,1-3H3. The van der Waals surface area contributed by atoms with Crippen molar-refractivity contribution in [3.63, 3.8) is 0 Å². The van der Waals surface area contributed by atoms with Gasteiger partial charge in [-0.3, -0.25) is 0 Å². The summed E-state index contributed by atoms with van der Waals surface area (Å²) < 4.78 is 5.48. The smallest absolute Gasteiger partial charge is 0.122 e. The van der Waals surface area contributed by atoms with Gasteiger partial charge in [0, 0.05) is 23.1 Å². The molecule has 1 unspecified atom stereocenters. The van der Waals surface area contributed by atoms with Crippen LogP contribution < -0.4 is 10.1 Å². The Bertz CT molecular complexity index is 556. The van der Waals surface area contributed by atoms with Gasteiger partial charge in [0.25, 0.3) is 0 Å². The van der Waals surface area contributed by atoms with Crippen LogP contribution in [0.3, 0.4) is 0 Å². The lowest BCUT2D eigenvalue weighted by molar-refractivity contribution is 0.411. The van der Waals surface area contributed by atoms with Gasteiger partial charge >= 0.3 is 0 Å². The molecule has 0 bridgehead atoms. The number of thioether (sulfide) groups is 1. The molecular weight excluding hydrogens is 278 g/mol. The molecule has 3 heteroatoms. The van der Waals surface area contributed by atoms with Crippen LogP contribution in [0.5, 0.6) is 5.75 Å². The molecule has 0 aliphatic rings. The van der Waals surface area contributed by atoms with Gasteiger partial charge in [-0.1, -0.05) is 36.4 Å². The average Bonchev–Trinajstić information content (AvgIpc) is 2.55. The molecule has 0 heterocycles. The van der Waals surface area contributed by atoms with Gasteiger partial charge in [0.2, 0.25) is 0 Å². The Morgan fingerprint density at radius 2 is 1.86 bits per heavy atom. The van der Waals surface area contributed by atoms with Crippen molar-refractivity contribution in [3.8, 4) is 5.75 Å². The zero-order valence-corrected chi connectivity index (χ0v) is 13.7. The normalized spacial score (nSPS) is 12.1. The van der Waals surface area contributed by atoms with Gasteiger partial charge in [-0.25, -0.2) is 0 Å². The lowest BCUT2D eigenvalue weighted by atomic mass is 10.1. The summed E-state index contributed by atoms with van der Waals surface area (Å²) >= 11 is 1.92. The zero-order chi connectivity index (χ0) is 15.1. The summed E-state index contributed by atoms with van der Waals surface area (Å²) in [5.41, 5.74) is 3.92. The number of ether oxygens (including phenoxy) is 1. The monoisotopic (exact) mass is 301 g/mol. The third-order valence-corrected chi connectivity index (χ3v) is 4.66. The minimum absolute atomic E-state index is 0.355. The fourth-order valence-corrected chi connectivity index (χ4v) is 3.18. The highest BCUT2D eigenvalue weighted by atomic mass is 32.2. The molecular formula is C18H23NOS. The molecule has 2 rings (SSSR count). The summed E-state index contributed by atoms with van der Waals surface area (Å²) in [5.74, 6) is 2.96. The second-order valence-corrected chi connectivity index (χ2v) is 6.05. The molecule has 0 spiro atoms. The highest BCUT2D eigenvalue weighted by Gasteiger charge is 2.08. The molecule has 0 saturated heterocycles. The second-order valence-electron chi connectivity index (χ2n) is 5.06. The fourth-order valence-electron chi connectivity index (χ4n) is 2.20. The topological polar surface area (TPSA) is 21.3 Å². The lowest BCUT2D eigenvalue weighted by Gasteiger charge is -2.15. The molecule has 112 valence electrons. The van der Waals surface area contributed by atoms with Crippen LogP contribution in [0.15, 0.2) is 48.5 Å². The summed E-state index contributed by atoms with van der Waals surface area (Å²) in [6.07, 6.45) is 0. The van der Waals surface area contributed by atoms with Crippen LogP contribution in [-0.2, 0) is 11.5 Å². The Labute approximate surface area is 131 Å². The maximum absolute atomic E-state index is 5.48. The van der Waals surface area contributed by atoms with Crippen molar-refractivity contribution in [3.05, 3.63) is 65.2 Å². The van der Waals surface area contributed by atoms with E-state index in [0.717, 1.165) is 17.3 Å². The van der Waals surface area contributed by atoms with Gasteiger partial charge in [-0.15, -0.1) is 0 Å². The number of hydrogen-bond donors (Lipinski definition) is 1. The van der Waals surface area contributed by atoms with Crippen molar-refractivity contribution in [1.82, 2.24) is 5.32 Å². The Hall–Kier alpha value is -1.45. The van der Waals surface area contributed by atoms with Crippen LogP contribution in [0.2, 0.25) is 0 Å². The van der Waals surface area contributed by atoms with E-state index in [1.54, 1.807) is 7.11 Å².